The SMILES string of the molecule is [2H]c1cc(-c2c([2H])c([2H])nc(-c3cc(-c4cccc5c4nc(-c4cc(C(C)C)cc(C(C)C)c4O)n5-c4ccc(CC(C)C)cc4-c4ccccc4)cc(C(C)(C)C)c3)c2[2H])c([2H])c([2H])c1C(C)(C)C. The first-order valence-electron chi connectivity index (χ1n) is 25.7. The van der Waals surface area contributed by atoms with Gasteiger partial charge in [0.05, 0.1) is 36.2 Å². The van der Waals surface area contributed by atoms with Crippen molar-refractivity contribution in [3.8, 4) is 67.5 Å². The molecule has 64 heavy (non-hydrogen) atoms. The van der Waals surface area contributed by atoms with E-state index in [4.69, 9.17) is 11.8 Å². The van der Waals surface area contributed by atoms with Crippen molar-refractivity contribution in [2.45, 2.75) is 112 Å². The largest absolute Gasteiger partial charge is 0.507 e. The molecule has 0 bridgehead atoms. The number of phenols is 1. The van der Waals surface area contributed by atoms with E-state index in [2.05, 4.69) is 139 Å². The van der Waals surface area contributed by atoms with Gasteiger partial charge in [0.1, 0.15) is 11.6 Å². The molecule has 6 aromatic carbocycles. The number of hydrogen-bond donors (Lipinski definition) is 1. The van der Waals surface area contributed by atoms with Crippen LogP contribution in [0, 0.1) is 5.92 Å². The zero-order valence-electron chi connectivity index (χ0n) is 45.5. The van der Waals surface area contributed by atoms with Crippen LogP contribution >= 0.6 is 0 Å². The molecule has 0 aliphatic carbocycles. The monoisotopic (exact) mass is 850 g/mol. The smallest absolute Gasteiger partial charge is 0.149 e. The van der Waals surface area contributed by atoms with Crippen molar-refractivity contribution < 1.29 is 13.3 Å². The molecule has 8 aromatic rings. The molecule has 2 aromatic heterocycles. The molecule has 326 valence electrons. The summed E-state index contributed by atoms with van der Waals surface area (Å²) in [6.07, 6.45) is 0.542. The summed E-state index contributed by atoms with van der Waals surface area (Å²) in [5, 5.41) is 12.3. The third-order valence-electron chi connectivity index (χ3n) is 12.1. The lowest BCUT2D eigenvalue weighted by molar-refractivity contribution is 0.466. The fraction of sp³-hybridized carbons (Fsp3) is 0.300. The van der Waals surface area contributed by atoms with Crippen LogP contribution in [0.2, 0.25) is 0 Å². The molecule has 0 amide bonds. The van der Waals surface area contributed by atoms with Gasteiger partial charge < -0.3 is 5.11 Å². The average Bonchev–Trinajstić information content (AvgIpc) is 3.67. The Hall–Kier alpha value is -6.26. The van der Waals surface area contributed by atoms with Gasteiger partial charge >= 0.3 is 0 Å². The Morgan fingerprint density at radius 1 is 0.609 bits per heavy atom. The number of aromatic hydroxyl groups is 1. The lowest BCUT2D eigenvalue weighted by Crippen LogP contribution is -2.11. The van der Waals surface area contributed by atoms with Crippen LogP contribution in [0.25, 0.3) is 72.7 Å². The minimum atomic E-state index is -0.582. The second-order valence-electron chi connectivity index (χ2n) is 20.4. The van der Waals surface area contributed by atoms with Crippen LogP contribution in [0.1, 0.15) is 131 Å². The van der Waals surface area contributed by atoms with E-state index in [1.807, 2.05) is 51.1 Å². The minimum Gasteiger partial charge on any atom is -0.507 e. The van der Waals surface area contributed by atoms with E-state index in [9.17, 15) is 6.48 Å². The summed E-state index contributed by atoms with van der Waals surface area (Å²) in [5.41, 5.74) is 11.1. The molecule has 8 rings (SSSR count). The fourth-order valence-electron chi connectivity index (χ4n) is 8.43. The lowest BCUT2D eigenvalue weighted by atomic mass is 9.83. The maximum Gasteiger partial charge on any atom is 0.149 e. The van der Waals surface area contributed by atoms with Crippen LogP contribution in [-0.4, -0.2) is 19.6 Å². The number of aromatic nitrogens is 3. The van der Waals surface area contributed by atoms with Gasteiger partial charge in [0.2, 0.25) is 0 Å². The summed E-state index contributed by atoms with van der Waals surface area (Å²) in [7, 11) is 0. The number of hydrogen-bond acceptors (Lipinski definition) is 3. The highest BCUT2D eigenvalue weighted by molar-refractivity contribution is 5.98. The third kappa shape index (κ3) is 8.93. The molecule has 0 atom stereocenters. The van der Waals surface area contributed by atoms with Gasteiger partial charge in [-0.2, -0.15) is 0 Å². The first kappa shape index (κ1) is 37.1. The first-order chi connectivity index (χ1) is 32.9. The van der Waals surface area contributed by atoms with E-state index in [0.717, 1.165) is 56.6 Å². The Kier molecular flexibility index (Phi) is 10.1. The molecule has 1 N–H and O–H groups in total. The molecule has 4 nitrogen and oxygen atoms in total. The summed E-state index contributed by atoms with van der Waals surface area (Å²) >= 11 is 0. The van der Waals surface area contributed by atoms with Crippen molar-refractivity contribution >= 4 is 11.0 Å². The van der Waals surface area contributed by atoms with Crippen molar-refractivity contribution in [1.29, 1.82) is 0 Å². The summed E-state index contributed by atoms with van der Waals surface area (Å²) < 4.78 is 56.8. The van der Waals surface area contributed by atoms with E-state index < -0.39 is 5.41 Å². The molecule has 0 saturated carbocycles. The zero-order chi connectivity index (χ0) is 50.9. The van der Waals surface area contributed by atoms with Gasteiger partial charge in [-0.15, -0.1) is 0 Å². The number of benzene rings is 6. The van der Waals surface area contributed by atoms with Crippen LogP contribution in [0.4, 0.5) is 0 Å². The number of pyridine rings is 1. The molecule has 0 aliphatic heterocycles. The molecule has 0 saturated heterocycles. The molecule has 2 heterocycles. The lowest BCUT2D eigenvalue weighted by Gasteiger charge is -2.22. The highest BCUT2D eigenvalue weighted by Gasteiger charge is 2.26. The maximum absolute atomic E-state index is 12.3. The Balaban J connectivity index is 1.45. The van der Waals surface area contributed by atoms with Crippen molar-refractivity contribution in [2.24, 2.45) is 5.92 Å². The Labute approximate surface area is 390 Å². The van der Waals surface area contributed by atoms with Crippen LogP contribution in [0.3, 0.4) is 0 Å². The minimum absolute atomic E-state index is 0.00603. The molecule has 0 unspecified atom stereocenters. The first-order valence-corrected chi connectivity index (χ1v) is 22.7. The van der Waals surface area contributed by atoms with Gasteiger partial charge in [0.25, 0.3) is 0 Å². The predicted octanol–water partition coefficient (Wildman–Crippen LogP) is 16.5. The van der Waals surface area contributed by atoms with Crippen molar-refractivity contribution in [1.82, 2.24) is 14.5 Å². The highest BCUT2D eigenvalue weighted by Crippen LogP contribution is 2.44. The fourth-order valence-corrected chi connectivity index (χ4v) is 8.43. The Morgan fingerprint density at radius 2 is 1.34 bits per heavy atom. The third-order valence-corrected chi connectivity index (χ3v) is 12.1. The van der Waals surface area contributed by atoms with Gasteiger partial charge in [0, 0.05) is 22.9 Å². The predicted molar refractivity (Wildman–Crippen MR) is 272 cm³/mol. The molecular formula is C60H65N3O. The molecule has 0 fully saturated rings. The highest BCUT2D eigenvalue weighted by atomic mass is 16.3. The van der Waals surface area contributed by atoms with Gasteiger partial charge in [-0.05, 0) is 134 Å². The molecular weight excluding hydrogens is 779 g/mol. The quantitative estimate of drug-likeness (QED) is 0.149. The zero-order valence-corrected chi connectivity index (χ0v) is 39.5. The second kappa shape index (κ2) is 17.4. The average molecular weight is 850 g/mol. The molecule has 0 spiro atoms. The van der Waals surface area contributed by atoms with Crippen molar-refractivity contribution in [3.63, 3.8) is 0 Å². The van der Waals surface area contributed by atoms with E-state index >= 15 is 0 Å². The summed E-state index contributed by atoms with van der Waals surface area (Å²) in [6.45, 7) is 25.0. The number of imidazole rings is 1. The maximum atomic E-state index is 12.3. The number of nitrogens with zero attached hydrogens (tertiary/aromatic N) is 3. The van der Waals surface area contributed by atoms with Gasteiger partial charge in [-0.25, -0.2) is 4.98 Å². The number of phenolic OH excluding ortho intramolecular Hbond substituents is 1. The number of rotatable bonds is 10. The summed E-state index contributed by atoms with van der Waals surface area (Å²) in [5.74, 6) is 1.47. The normalized spacial score (nSPS) is 13.6. The number of fused-ring (bicyclic) bond motifs is 1. The van der Waals surface area contributed by atoms with E-state index in [1.165, 1.54) is 11.6 Å². The van der Waals surface area contributed by atoms with Crippen molar-refractivity contribution in [3.05, 3.63) is 167 Å². The van der Waals surface area contributed by atoms with Gasteiger partial charge in [0.15, 0.2) is 0 Å². The van der Waals surface area contributed by atoms with E-state index in [-0.39, 0.29) is 76.2 Å². The van der Waals surface area contributed by atoms with Gasteiger partial charge in [-0.1, -0.05) is 168 Å². The Bertz CT molecular complexity index is 3320. The van der Waals surface area contributed by atoms with Crippen LogP contribution in [0.15, 0.2) is 140 Å². The van der Waals surface area contributed by atoms with Crippen LogP contribution in [0.5, 0.6) is 5.75 Å². The molecule has 4 heteroatoms. The Morgan fingerprint density at radius 3 is 2.03 bits per heavy atom. The molecule has 0 aliphatic rings. The summed E-state index contributed by atoms with van der Waals surface area (Å²) in [4.78, 5) is 10.2. The van der Waals surface area contributed by atoms with Crippen LogP contribution < -0.4 is 0 Å². The van der Waals surface area contributed by atoms with E-state index in [0.29, 0.717) is 33.9 Å². The van der Waals surface area contributed by atoms with Crippen molar-refractivity contribution in [2.75, 3.05) is 0 Å². The summed E-state index contributed by atoms with van der Waals surface area (Å²) in [6, 6.07) is 34.2. The number of para-hydroxylation sites is 1. The van der Waals surface area contributed by atoms with Gasteiger partial charge in [-0.3, -0.25) is 9.55 Å². The van der Waals surface area contributed by atoms with Crippen LogP contribution in [-0.2, 0) is 17.3 Å². The molecule has 0 radical (unpaired) electrons. The standard InChI is InChI=1S/C60H65N3O/c1-37(2)29-40-21-26-54(51(30-40)42-17-14-13-15-18-42)63-55-20-16-19-49(56(55)62-58(63)52-35-44(38(3)4)34-50(39(5)6)57(52)64)45-31-46(33-48(32-45)60(10,11)12)53-36-43(27-28-61-53)41-22-24-47(25-23-41)59(7,8)9/h13-28,30-39,64H,29H2,1-12H3/i22D,24D,25D,27D,28D,36D. The second-order valence-corrected chi connectivity index (χ2v) is 20.4. The topological polar surface area (TPSA) is 50.9 Å². The van der Waals surface area contributed by atoms with E-state index in [1.54, 1.807) is 0 Å².